The average molecular weight is 427 g/mol. The maximum Gasteiger partial charge on any atom is 0.276 e. The van der Waals surface area contributed by atoms with E-state index in [2.05, 4.69) is 11.9 Å². The summed E-state index contributed by atoms with van der Waals surface area (Å²) in [4.78, 5) is 26.1. The number of aromatic nitrogens is 3. The Morgan fingerprint density at radius 3 is 2.80 bits per heavy atom. The van der Waals surface area contributed by atoms with Crippen LogP contribution in [0.25, 0.3) is 26.1 Å². The number of hydrogen-bond donors (Lipinski definition) is 0. The third-order valence-electron chi connectivity index (χ3n) is 5.03. The summed E-state index contributed by atoms with van der Waals surface area (Å²) in [5.74, 6) is 0.796. The van der Waals surface area contributed by atoms with Gasteiger partial charge in [0.05, 0.1) is 17.7 Å². The van der Waals surface area contributed by atoms with Crippen molar-refractivity contribution in [1.82, 2.24) is 14.5 Å². The minimum atomic E-state index is -0.0330. The molecule has 0 saturated heterocycles. The number of fused-ring (bicyclic) bond motifs is 3. The zero-order valence-electron chi connectivity index (χ0n) is 18.4. The fraction of sp³-hybridized carbons (Fsp3) is 0.435. The van der Waals surface area contributed by atoms with Crippen LogP contribution in [0.2, 0.25) is 0 Å². The molecule has 0 saturated carbocycles. The minimum absolute atomic E-state index is 0.0330. The van der Waals surface area contributed by atoms with E-state index in [-0.39, 0.29) is 5.56 Å². The molecular weight excluding hydrogens is 396 g/mol. The van der Waals surface area contributed by atoms with Gasteiger partial charge in [-0.1, -0.05) is 31.9 Å². The number of hydrogen-bond acceptors (Lipinski definition) is 6. The first-order chi connectivity index (χ1) is 14.5. The molecule has 6 nitrogen and oxygen atoms in total. The molecule has 0 bridgehead atoms. The Morgan fingerprint density at radius 2 is 2.13 bits per heavy atom. The van der Waals surface area contributed by atoms with Gasteiger partial charge in [0.2, 0.25) is 0 Å². The quantitative estimate of drug-likeness (QED) is 0.361. The molecule has 3 aromatic rings. The predicted octanol–water partition coefficient (Wildman–Crippen LogP) is 4.87. The van der Waals surface area contributed by atoms with Crippen molar-refractivity contribution in [3.8, 4) is 0 Å². The molecule has 0 aromatic carbocycles. The molecule has 0 spiro atoms. The molecule has 0 amide bonds. The SMILES string of the molecule is C/C=C(\C=C/COC)n1c(CCCCC)nc2c(sc3nccc(N(C)C)c32)c1=O. The summed E-state index contributed by atoms with van der Waals surface area (Å²) in [6.07, 6.45) is 11.6. The van der Waals surface area contributed by atoms with E-state index < -0.39 is 0 Å². The molecule has 0 radical (unpaired) electrons. The number of rotatable bonds is 9. The number of ether oxygens (including phenoxy) is 1. The van der Waals surface area contributed by atoms with E-state index in [0.29, 0.717) is 11.3 Å². The lowest BCUT2D eigenvalue weighted by Crippen LogP contribution is -2.24. The highest BCUT2D eigenvalue weighted by atomic mass is 32.1. The molecule has 0 atom stereocenters. The second-order valence-electron chi connectivity index (χ2n) is 7.38. The van der Waals surface area contributed by atoms with Crippen molar-refractivity contribution < 1.29 is 4.74 Å². The number of pyridine rings is 1. The Bertz CT molecular complexity index is 1140. The Labute approximate surface area is 181 Å². The van der Waals surface area contributed by atoms with Crippen LogP contribution in [0.15, 0.2) is 35.3 Å². The first kappa shape index (κ1) is 22.2. The van der Waals surface area contributed by atoms with Crippen molar-refractivity contribution in [3.05, 3.63) is 46.7 Å². The fourth-order valence-electron chi connectivity index (χ4n) is 3.55. The van der Waals surface area contributed by atoms with E-state index in [4.69, 9.17) is 9.72 Å². The van der Waals surface area contributed by atoms with Crippen LogP contribution in [0.5, 0.6) is 0 Å². The topological polar surface area (TPSA) is 60.2 Å². The van der Waals surface area contributed by atoms with Gasteiger partial charge >= 0.3 is 0 Å². The third-order valence-corrected chi connectivity index (χ3v) is 6.11. The Kier molecular flexibility index (Phi) is 7.39. The van der Waals surface area contributed by atoms with Crippen LogP contribution in [0, 0.1) is 0 Å². The van der Waals surface area contributed by atoms with Gasteiger partial charge < -0.3 is 9.64 Å². The number of allylic oxidation sites excluding steroid dienone is 3. The summed E-state index contributed by atoms with van der Waals surface area (Å²) in [6, 6.07) is 1.98. The van der Waals surface area contributed by atoms with Crippen molar-refractivity contribution in [2.75, 3.05) is 32.7 Å². The van der Waals surface area contributed by atoms with Gasteiger partial charge in [0, 0.05) is 39.5 Å². The zero-order valence-corrected chi connectivity index (χ0v) is 19.3. The molecule has 0 aliphatic heterocycles. The number of nitrogens with zero attached hydrogens (tertiary/aromatic N) is 4. The molecule has 3 rings (SSSR count). The lowest BCUT2D eigenvalue weighted by molar-refractivity contribution is 0.234. The Hall–Kier alpha value is -2.51. The maximum atomic E-state index is 13.7. The van der Waals surface area contributed by atoms with Gasteiger partial charge in [-0.3, -0.25) is 9.36 Å². The van der Waals surface area contributed by atoms with Crippen molar-refractivity contribution >= 4 is 43.2 Å². The molecule has 0 aliphatic rings. The van der Waals surface area contributed by atoms with Gasteiger partial charge in [0.1, 0.15) is 20.9 Å². The first-order valence-electron chi connectivity index (χ1n) is 10.4. The number of methoxy groups -OCH3 is 1. The first-order valence-corrected chi connectivity index (χ1v) is 11.2. The summed E-state index contributed by atoms with van der Waals surface area (Å²) in [5, 5.41) is 0.959. The predicted molar refractivity (Wildman–Crippen MR) is 128 cm³/mol. The van der Waals surface area contributed by atoms with Gasteiger partial charge in [0.25, 0.3) is 5.56 Å². The Balaban J connectivity index is 2.30. The smallest absolute Gasteiger partial charge is 0.276 e. The van der Waals surface area contributed by atoms with Gasteiger partial charge in [-0.15, -0.1) is 11.3 Å². The van der Waals surface area contributed by atoms with Crippen molar-refractivity contribution in [2.45, 2.75) is 39.5 Å². The maximum absolute atomic E-state index is 13.7. The van der Waals surface area contributed by atoms with Gasteiger partial charge in [0.15, 0.2) is 0 Å². The average Bonchev–Trinajstić information content (AvgIpc) is 3.11. The molecular formula is C23H30N4O2S. The second-order valence-corrected chi connectivity index (χ2v) is 8.38. The lowest BCUT2D eigenvalue weighted by atomic mass is 10.1. The van der Waals surface area contributed by atoms with Crippen LogP contribution in [-0.4, -0.2) is 42.3 Å². The summed E-state index contributed by atoms with van der Waals surface area (Å²) in [5.41, 5.74) is 2.57. The van der Waals surface area contributed by atoms with Crippen molar-refractivity contribution in [2.24, 2.45) is 0 Å². The third kappa shape index (κ3) is 4.32. The molecule has 0 aliphatic carbocycles. The van der Waals surface area contributed by atoms with E-state index in [0.717, 1.165) is 58.6 Å². The van der Waals surface area contributed by atoms with E-state index in [9.17, 15) is 4.79 Å². The van der Waals surface area contributed by atoms with Crippen LogP contribution in [0.4, 0.5) is 5.69 Å². The summed E-state index contributed by atoms with van der Waals surface area (Å²) in [6.45, 7) is 4.61. The van der Waals surface area contributed by atoms with Crippen molar-refractivity contribution in [1.29, 1.82) is 0 Å². The van der Waals surface area contributed by atoms with E-state index >= 15 is 0 Å². The van der Waals surface area contributed by atoms with Crippen molar-refractivity contribution in [3.63, 3.8) is 0 Å². The highest BCUT2D eigenvalue weighted by Gasteiger charge is 2.20. The molecule has 0 unspecified atom stereocenters. The van der Waals surface area contributed by atoms with Crippen LogP contribution in [-0.2, 0) is 11.2 Å². The van der Waals surface area contributed by atoms with E-state index in [1.165, 1.54) is 11.3 Å². The number of anilines is 1. The largest absolute Gasteiger partial charge is 0.381 e. The number of thiophene rings is 1. The van der Waals surface area contributed by atoms with Gasteiger partial charge in [-0.2, -0.15) is 0 Å². The monoisotopic (exact) mass is 426 g/mol. The zero-order chi connectivity index (χ0) is 21.7. The van der Waals surface area contributed by atoms with Crippen LogP contribution in [0.1, 0.15) is 38.9 Å². The molecule has 7 heteroatoms. The molecule has 0 fully saturated rings. The van der Waals surface area contributed by atoms with E-state index in [1.54, 1.807) is 17.9 Å². The molecule has 3 heterocycles. The van der Waals surface area contributed by atoms with Crippen LogP contribution in [0.3, 0.4) is 0 Å². The van der Waals surface area contributed by atoms with Crippen LogP contribution >= 0.6 is 11.3 Å². The van der Waals surface area contributed by atoms with Gasteiger partial charge in [-0.25, -0.2) is 9.97 Å². The fourth-order valence-corrected chi connectivity index (χ4v) is 4.58. The highest BCUT2D eigenvalue weighted by molar-refractivity contribution is 7.25. The Morgan fingerprint density at radius 1 is 1.33 bits per heavy atom. The summed E-state index contributed by atoms with van der Waals surface area (Å²) >= 11 is 1.42. The van der Waals surface area contributed by atoms with Gasteiger partial charge in [-0.05, 0) is 25.5 Å². The summed E-state index contributed by atoms with van der Waals surface area (Å²) < 4.78 is 7.53. The second kappa shape index (κ2) is 10.00. The molecule has 30 heavy (non-hydrogen) atoms. The number of unbranched alkanes of at least 4 members (excludes halogenated alkanes) is 2. The summed E-state index contributed by atoms with van der Waals surface area (Å²) in [7, 11) is 5.66. The highest BCUT2D eigenvalue weighted by Crippen LogP contribution is 2.35. The molecule has 160 valence electrons. The van der Waals surface area contributed by atoms with Crippen LogP contribution < -0.4 is 10.5 Å². The standard InChI is InChI=1S/C23H30N4O2S/c1-6-8-9-12-18-25-20-19-17(26(3)4)13-14-24-22(19)30-21(20)23(28)27(18)16(7-2)11-10-15-29-5/h7,10-11,13-14H,6,8-9,12,15H2,1-5H3/b11-10-,16-7+. The number of aryl methyl sites for hydroxylation is 1. The minimum Gasteiger partial charge on any atom is -0.381 e. The normalized spacial score (nSPS) is 12.5. The molecule has 0 N–H and O–H groups in total. The lowest BCUT2D eigenvalue weighted by Gasteiger charge is -2.15. The van der Waals surface area contributed by atoms with E-state index in [1.807, 2.05) is 50.2 Å². The molecule has 3 aromatic heterocycles.